The van der Waals surface area contributed by atoms with Crippen LogP contribution in [0.15, 0.2) is 17.6 Å². The van der Waals surface area contributed by atoms with Gasteiger partial charge in [-0.25, -0.2) is 4.99 Å². The van der Waals surface area contributed by atoms with Crippen LogP contribution in [0.3, 0.4) is 0 Å². The fourth-order valence-corrected chi connectivity index (χ4v) is 2.52. The number of likely N-dealkylation sites (N-methyl/N-ethyl adjacent to an activating group) is 1. The average Bonchev–Trinajstić information content (AvgIpc) is 2.58. The van der Waals surface area contributed by atoms with Crippen LogP contribution in [-0.4, -0.2) is 87.2 Å². The largest absolute Gasteiger partial charge is 0.377 e. The average molecular weight is 354 g/mol. The Morgan fingerprint density at radius 2 is 2.08 bits per heavy atom. The van der Waals surface area contributed by atoms with Crippen LogP contribution in [0.2, 0.25) is 0 Å². The van der Waals surface area contributed by atoms with Gasteiger partial charge in [0.15, 0.2) is 5.96 Å². The first-order valence-corrected chi connectivity index (χ1v) is 9.12. The van der Waals surface area contributed by atoms with Gasteiger partial charge in [-0.05, 0) is 26.7 Å². The number of nitrogens with one attached hydrogen (secondary N) is 2. The molecule has 1 fully saturated rings. The van der Waals surface area contributed by atoms with Crippen molar-refractivity contribution in [3.63, 3.8) is 0 Å². The molecule has 0 aromatic heterocycles. The molecule has 1 rings (SSSR count). The van der Waals surface area contributed by atoms with E-state index >= 15 is 0 Å². The number of nitrogens with zero attached hydrogens (tertiary/aromatic N) is 3. The van der Waals surface area contributed by atoms with E-state index in [0.29, 0.717) is 24.7 Å². The van der Waals surface area contributed by atoms with Crippen molar-refractivity contribution >= 4 is 11.9 Å². The van der Waals surface area contributed by atoms with Gasteiger partial charge in [-0.3, -0.25) is 4.79 Å². The molecule has 1 amide bonds. The van der Waals surface area contributed by atoms with Crippen molar-refractivity contribution in [3.8, 4) is 0 Å². The molecule has 1 aliphatic heterocycles. The minimum absolute atomic E-state index is 0.0142. The fourth-order valence-electron chi connectivity index (χ4n) is 2.52. The maximum atomic E-state index is 11.7. The number of carbonyl (C=O) groups is 1. The zero-order valence-corrected chi connectivity index (χ0v) is 16.3. The van der Waals surface area contributed by atoms with Gasteiger partial charge < -0.3 is 25.2 Å². The van der Waals surface area contributed by atoms with Crippen LogP contribution < -0.4 is 10.6 Å². The van der Waals surface area contributed by atoms with Crippen LogP contribution in [-0.2, 0) is 9.53 Å². The molecule has 7 heteroatoms. The highest BCUT2D eigenvalue weighted by Gasteiger charge is 2.20. The van der Waals surface area contributed by atoms with Crippen molar-refractivity contribution in [2.75, 3.05) is 53.4 Å². The Balaban J connectivity index is 2.41. The highest BCUT2D eigenvalue weighted by atomic mass is 16.5. The Kier molecular flexibility index (Phi) is 10.2. The van der Waals surface area contributed by atoms with Crippen molar-refractivity contribution in [3.05, 3.63) is 12.7 Å². The van der Waals surface area contributed by atoms with E-state index in [9.17, 15) is 4.79 Å². The lowest BCUT2D eigenvalue weighted by atomic mass is 10.1. The number of piperidine rings is 1. The molecule has 0 unspecified atom stereocenters. The maximum absolute atomic E-state index is 11.7. The van der Waals surface area contributed by atoms with Gasteiger partial charge in [-0.1, -0.05) is 6.08 Å². The minimum atomic E-state index is -0.0142. The molecular weight excluding hydrogens is 318 g/mol. The molecule has 0 aromatic rings. The van der Waals surface area contributed by atoms with E-state index in [2.05, 4.69) is 41.0 Å². The van der Waals surface area contributed by atoms with Crippen LogP contribution in [0, 0.1) is 0 Å². The molecule has 0 saturated carbocycles. The molecule has 1 heterocycles. The molecule has 25 heavy (non-hydrogen) atoms. The number of hydrogen-bond donors (Lipinski definition) is 2. The summed E-state index contributed by atoms with van der Waals surface area (Å²) in [5, 5.41) is 6.63. The van der Waals surface area contributed by atoms with Crippen LogP contribution in [0.5, 0.6) is 0 Å². The van der Waals surface area contributed by atoms with Crippen molar-refractivity contribution in [2.24, 2.45) is 4.99 Å². The summed E-state index contributed by atoms with van der Waals surface area (Å²) in [6, 6.07) is 0.368. The van der Waals surface area contributed by atoms with E-state index in [1.165, 1.54) is 0 Å². The lowest BCUT2D eigenvalue weighted by molar-refractivity contribution is -0.127. The Morgan fingerprint density at radius 3 is 2.64 bits per heavy atom. The number of rotatable bonds is 9. The van der Waals surface area contributed by atoms with Crippen molar-refractivity contribution in [1.29, 1.82) is 0 Å². The summed E-state index contributed by atoms with van der Waals surface area (Å²) in [5.41, 5.74) is 0. The Hall–Kier alpha value is -1.60. The van der Waals surface area contributed by atoms with Crippen LogP contribution in [0.1, 0.15) is 26.7 Å². The van der Waals surface area contributed by atoms with Crippen molar-refractivity contribution < 1.29 is 9.53 Å². The topological polar surface area (TPSA) is 69.2 Å². The second kappa shape index (κ2) is 11.9. The third-order valence-corrected chi connectivity index (χ3v) is 4.07. The number of amides is 1. The predicted molar refractivity (Wildman–Crippen MR) is 103 cm³/mol. The molecule has 0 spiro atoms. The molecule has 0 aliphatic carbocycles. The first kappa shape index (κ1) is 21.4. The van der Waals surface area contributed by atoms with Gasteiger partial charge in [0.25, 0.3) is 0 Å². The van der Waals surface area contributed by atoms with Gasteiger partial charge in [0.05, 0.1) is 12.7 Å². The molecular formula is C18H35N5O2. The number of ether oxygens (including phenoxy) is 1. The number of guanidine groups is 1. The van der Waals surface area contributed by atoms with Crippen LogP contribution >= 0.6 is 0 Å². The molecule has 1 saturated heterocycles. The SMILES string of the molecule is C=CCNC(=NCC(=O)N(C)C)NC1CCN(CCOC(C)C)CC1. The highest BCUT2D eigenvalue weighted by Crippen LogP contribution is 2.10. The summed E-state index contributed by atoms with van der Waals surface area (Å²) in [4.78, 5) is 20.1. The number of hydrogen-bond acceptors (Lipinski definition) is 4. The van der Waals surface area contributed by atoms with Gasteiger partial charge >= 0.3 is 0 Å². The molecule has 0 bridgehead atoms. The standard InChI is InChI=1S/C18H35N5O2/c1-6-9-19-18(20-14-17(24)22(4)5)21-16-7-10-23(11-8-16)12-13-25-15(2)3/h6,15-16H,1,7-14H2,2-5H3,(H2,19,20,21). The summed E-state index contributed by atoms with van der Waals surface area (Å²) in [7, 11) is 3.47. The summed E-state index contributed by atoms with van der Waals surface area (Å²) >= 11 is 0. The summed E-state index contributed by atoms with van der Waals surface area (Å²) in [5.74, 6) is 0.663. The van der Waals surface area contributed by atoms with Gasteiger partial charge in [-0.2, -0.15) is 0 Å². The van der Waals surface area contributed by atoms with E-state index < -0.39 is 0 Å². The lowest BCUT2D eigenvalue weighted by Gasteiger charge is -2.33. The van der Waals surface area contributed by atoms with Crippen molar-refractivity contribution in [1.82, 2.24) is 20.4 Å². The summed E-state index contributed by atoms with van der Waals surface area (Å²) in [6.07, 6.45) is 4.18. The molecule has 144 valence electrons. The zero-order chi connectivity index (χ0) is 18.7. The Morgan fingerprint density at radius 1 is 1.40 bits per heavy atom. The highest BCUT2D eigenvalue weighted by molar-refractivity contribution is 5.85. The smallest absolute Gasteiger partial charge is 0.243 e. The van der Waals surface area contributed by atoms with Gasteiger partial charge in [0.1, 0.15) is 6.54 Å². The Labute approximate surface area is 152 Å². The summed E-state index contributed by atoms with van der Waals surface area (Å²) in [6.45, 7) is 12.5. The van der Waals surface area contributed by atoms with E-state index in [4.69, 9.17) is 4.74 Å². The van der Waals surface area contributed by atoms with Gasteiger partial charge in [0, 0.05) is 46.3 Å². The van der Waals surface area contributed by atoms with E-state index in [1.807, 2.05) is 0 Å². The van der Waals surface area contributed by atoms with Gasteiger partial charge in [-0.15, -0.1) is 6.58 Å². The minimum Gasteiger partial charge on any atom is -0.377 e. The molecule has 2 N–H and O–H groups in total. The third kappa shape index (κ3) is 9.45. The molecule has 0 atom stereocenters. The normalized spacial score (nSPS) is 16.8. The predicted octanol–water partition coefficient (Wildman–Crippen LogP) is 0.685. The monoisotopic (exact) mass is 353 g/mol. The van der Waals surface area contributed by atoms with Gasteiger partial charge in [0.2, 0.25) is 5.91 Å². The van der Waals surface area contributed by atoms with E-state index in [1.54, 1.807) is 25.1 Å². The van der Waals surface area contributed by atoms with Crippen LogP contribution in [0.25, 0.3) is 0 Å². The zero-order valence-electron chi connectivity index (χ0n) is 16.3. The molecule has 0 radical (unpaired) electrons. The van der Waals surface area contributed by atoms with E-state index in [-0.39, 0.29) is 12.5 Å². The maximum Gasteiger partial charge on any atom is 0.243 e. The number of carbonyl (C=O) groups excluding carboxylic acids is 1. The van der Waals surface area contributed by atoms with Crippen LogP contribution in [0.4, 0.5) is 0 Å². The first-order valence-electron chi connectivity index (χ1n) is 9.12. The quantitative estimate of drug-likeness (QED) is 0.363. The number of likely N-dealkylation sites (tertiary alicyclic amines) is 1. The second-order valence-electron chi connectivity index (χ2n) is 6.80. The number of aliphatic imine (C=N–C) groups is 1. The van der Waals surface area contributed by atoms with E-state index in [0.717, 1.165) is 39.1 Å². The second-order valence-corrected chi connectivity index (χ2v) is 6.80. The first-order chi connectivity index (χ1) is 11.9. The molecule has 0 aromatic carbocycles. The summed E-state index contributed by atoms with van der Waals surface area (Å²) < 4.78 is 5.62. The fraction of sp³-hybridized carbons (Fsp3) is 0.778. The lowest BCUT2D eigenvalue weighted by Crippen LogP contribution is -2.49. The molecule has 7 nitrogen and oxygen atoms in total. The molecule has 1 aliphatic rings. The van der Waals surface area contributed by atoms with Crippen molar-refractivity contribution in [2.45, 2.75) is 38.8 Å². The third-order valence-electron chi connectivity index (χ3n) is 4.07. The Bertz CT molecular complexity index is 429.